The zero-order chi connectivity index (χ0) is 23.8. The van der Waals surface area contributed by atoms with Crippen LogP contribution in [0, 0.1) is 6.92 Å². The molecule has 1 aliphatic rings. The second-order valence-corrected chi connectivity index (χ2v) is 10.4. The molecule has 1 saturated heterocycles. The SMILES string of the molecule is Cc1nn(C)c2nc(C(C)C)cc(C(=O)NCc3ccc(S(=O)(=O)N4CCOCC4)cc3)c12. The number of morpholine rings is 1. The fourth-order valence-electron chi connectivity index (χ4n) is 3.93. The molecule has 0 saturated carbocycles. The van der Waals surface area contributed by atoms with Crippen LogP contribution in [0.5, 0.6) is 0 Å². The molecule has 4 rings (SSSR count). The van der Waals surface area contributed by atoms with Crippen molar-refractivity contribution >= 4 is 27.0 Å². The van der Waals surface area contributed by atoms with E-state index in [4.69, 9.17) is 4.74 Å². The lowest BCUT2D eigenvalue weighted by Gasteiger charge is -2.26. The summed E-state index contributed by atoms with van der Waals surface area (Å²) in [7, 11) is -1.72. The Morgan fingerprint density at radius 3 is 2.48 bits per heavy atom. The molecule has 10 heteroatoms. The number of nitrogens with zero attached hydrogens (tertiary/aromatic N) is 4. The summed E-state index contributed by atoms with van der Waals surface area (Å²) in [5, 5.41) is 8.12. The van der Waals surface area contributed by atoms with Crippen LogP contribution in [0.3, 0.4) is 0 Å². The van der Waals surface area contributed by atoms with Crippen LogP contribution in [0.1, 0.15) is 47.1 Å². The third kappa shape index (κ3) is 4.64. The molecule has 3 aromatic rings. The number of fused-ring (bicyclic) bond motifs is 1. The molecule has 1 aromatic carbocycles. The number of pyridine rings is 1. The van der Waals surface area contributed by atoms with Crippen molar-refractivity contribution in [2.45, 2.75) is 38.1 Å². The van der Waals surface area contributed by atoms with Gasteiger partial charge in [0.1, 0.15) is 0 Å². The minimum Gasteiger partial charge on any atom is -0.379 e. The number of amides is 1. The first kappa shape index (κ1) is 23.3. The number of carbonyl (C=O) groups is 1. The summed E-state index contributed by atoms with van der Waals surface area (Å²) in [4.78, 5) is 18.0. The van der Waals surface area contributed by atoms with E-state index < -0.39 is 10.0 Å². The second-order valence-electron chi connectivity index (χ2n) is 8.50. The molecular formula is C23H29N5O4S. The Bertz CT molecular complexity index is 1280. The van der Waals surface area contributed by atoms with Gasteiger partial charge in [-0.3, -0.25) is 9.48 Å². The summed E-state index contributed by atoms with van der Waals surface area (Å²) in [6, 6.07) is 8.45. The van der Waals surface area contributed by atoms with Crippen molar-refractivity contribution < 1.29 is 17.9 Å². The third-order valence-electron chi connectivity index (χ3n) is 5.81. The lowest BCUT2D eigenvalue weighted by Crippen LogP contribution is -2.40. The minimum atomic E-state index is -3.54. The van der Waals surface area contributed by atoms with Crippen molar-refractivity contribution in [3.05, 3.63) is 52.8 Å². The predicted octanol–water partition coefficient (Wildman–Crippen LogP) is 2.35. The number of nitrogens with one attached hydrogen (secondary N) is 1. The number of ether oxygens (including phenoxy) is 1. The molecule has 1 amide bonds. The molecule has 0 radical (unpaired) electrons. The van der Waals surface area contributed by atoms with Gasteiger partial charge in [0, 0.05) is 32.4 Å². The van der Waals surface area contributed by atoms with Crippen molar-refractivity contribution in [2.24, 2.45) is 7.05 Å². The molecule has 2 aromatic heterocycles. The van der Waals surface area contributed by atoms with Crippen LogP contribution >= 0.6 is 0 Å². The average Bonchev–Trinajstić information content (AvgIpc) is 3.11. The zero-order valence-electron chi connectivity index (χ0n) is 19.3. The van der Waals surface area contributed by atoms with E-state index >= 15 is 0 Å². The Balaban J connectivity index is 1.52. The molecule has 3 heterocycles. The molecule has 1 N–H and O–H groups in total. The summed E-state index contributed by atoms with van der Waals surface area (Å²) < 4.78 is 33.9. The third-order valence-corrected chi connectivity index (χ3v) is 7.72. The fraction of sp³-hybridized carbons (Fsp3) is 0.435. The number of hydrogen-bond donors (Lipinski definition) is 1. The Labute approximate surface area is 193 Å². The number of hydrogen-bond acceptors (Lipinski definition) is 6. The molecule has 0 spiro atoms. The van der Waals surface area contributed by atoms with Gasteiger partial charge >= 0.3 is 0 Å². The Hall–Kier alpha value is -2.82. The molecule has 33 heavy (non-hydrogen) atoms. The highest BCUT2D eigenvalue weighted by atomic mass is 32.2. The van der Waals surface area contributed by atoms with Gasteiger partial charge in [0.2, 0.25) is 10.0 Å². The van der Waals surface area contributed by atoms with E-state index in [-0.39, 0.29) is 23.3 Å². The fourth-order valence-corrected chi connectivity index (χ4v) is 5.34. The highest BCUT2D eigenvalue weighted by Crippen LogP contribution is 2.25. The molecule has 176 valence electrons. The molecule has 1 aliphatic heterocycles. The number of benzene rings is 1. The average molecular weight is 472 g/mol. The van der Waals surface area contributed by atoms with E-state index in [0.717, 1.165) is 22.3 Å². The van der Waals surface area contributed by atoms with Crippen LogP contribution in [-0.4, -0.2) is 59.7 Å². The van der Waals surface area contributed by atoms with E-state index in [1.54, 1.807) is 28.9 Å². The summed E-state index contributed by atoms with van der Waals surface area (Å²) in [5.41, 5.74) is 3.61. The van der Waals surface area contributed by atoms with Gasteiger partial charge in [-0.05, 0) is 36.6 Å². The Kier molecular flexibility index (Phi) is 6.51. The lowest BCUT2D eigenvalue weighted by molar-refractivity contribution is 0.0730. The van der Waals surface area contributed by atoms with E-state index in [1.807, 2.05) is 33.9 Å². The number of aromatic nitrogens is 3. The molecular weight excluding hydrogens is 442 g/mol. The van der Waals surface area contributed by atoms with E-state index in [9.17, 15) is 13.2 Å². The number of rotatable bonds is 6. The second kappa shape index (κ2) is 9.20. The molecule has 0 atom stereocenters. The minimum absolute atomic E-state index is 0.164. The molecule has 1 fully saturated rings. The summed E-state index contributed by atoms with van der Waals surface area (Å²) in [6.45, 7) is 7.72. The van der Waals surface area contributed by atoms with Crippen LogP contribution in [-0.2, 0) is 28.4 Å². The number of sulfonamides is 1. The van der Waals surface area contributed by atoms with Crippen LogP contribution < -0.4 is 5.32 Å². The molecule has 0 unspecified atom stereocenters. The van der Waals surface area contributed by atoms with Crippen molar-refractivity contribution in [3.63, 3.8) is 0 Å². The molecule has 9 nitrogen and oxygen atoms in total. The number of aryl methyl sites for hydroxylation is 2. The Morgan fingerprint density at radius 2 is 1.85 bits per heavy atom. The first-order valence-corrected chi connectivity index (χ1v) is 12.4. The van der Waals surface area contributed by atoms with Crippen LogP contribution in [0.4, 0.5) is 0 Å². The maximum Gasteiger partial charge on any atom is 0.252 e. The van der Waals surface area contributed by atoms with Crippen molar-refractivity contribution in [1.29, 1.82) is 0 Å². The summed E-state index contributed by atoms with van der Waals surface area (Å²) in [5.74, 6) is -0.0532. The number of carbonyl (C=O) groups excluding carboxylic acids is 1. The van der Waals surface area contributed by atoms with E-state index in [2.05, 4.69) is 15.4 Å². The maximum absolute atomic E-state index is 13.1. The van der Waals surface area contributed by atoms with Gasteiger partial charge < -0.3 is 10.1 Å². The van der Waals surface area contributed by atoms with Gasteiger partial charge in [0.05, 0.1) is 34.8 Å². The van der Waals surface area contributed by atoms with Gasteiger partial charge in [-0.2, -0.15) is 9.40 Å². The van der Waals surface area contributed by atoms with Crippen LogP contribution in [0.25, 0.3) is 11.0 Å². The smallest absolute Gasteiger partial charge is 0.252 e. The van der Waals surface area contributed by atoms with Gasteiger partial charge in [-0.15, -0.1) is 0 Å². The van der Waals surface area contributed by atoms with Crippen LogP contribution in [0.2, 0.25) is 0 Å². The van der Waals surface area contributed by atoms with Gasteiger partial charge in [0.15, 0.2) is 5.65 Å². The highest BCUT2D eigenvalue weighted by molar-refractivity contribution is 7.89. The first-order chi connectivity index (χ1) is 15.7. The highest BCUT2D eigenvalue weighted by Gasteiger charge is 2.26. The normalized spacial score (nSPS) is 15.3. The van der Waals surface area contributed by atoms with Crippen molar-refractivity contribution in [2.75, 3.05) is 26.3 Å². The van der Waals surface area contributed by atoms with Gasteiger partial charge in [0.25, 0.3) is 5.91 Å². The van der Waals surface area contributed by atoms with Crippen LogP contribution in [0.15, 0.2) is 35.2 Å². The van der Waals surface area contributed by atoms with E-state index in [0.29, 0.717) is 37.5 Å². The quantitative estimate of drug-likeness (QED) is 0.592. The van der Waals surface area contributed by atoms with Crippen molar-refractivity contribution in [1.82, 2.24) is 24.4 Å². The molecule has 0 aliphatic carbocycles. The van der Waals surface area contributed by atoms with Gasteiger partial charge in [-0.25, -0.2) is 13.4 Å². The largest absolute Gasteiger partial charge is 0.379 e. The topological polar surface area (TPSA) is 106 Å². The zero-order valence-corrected chi connectivity index (χ0v) is 20.1. The standard InChI is InChI=1S/C23H29N5O4S/c1-15(2)20-13-19(21-16(3)26-27(4)22(21)25-20)23(29)24-14-17-5-7-18(8-6-17)33(30,31)28-9-11-32-12-10-28/h5-8,13,15H,9-12,14H2,1-4H3,(H,24,29). The summed E-state index contributed by atoms with van der Waals surface area (Å²) >= 11 is 0. The monoisotopic (exact) mass is 471 g/mol. The van der Waals surface area contributed by atoms with E-state index in [1.165, 1.54) is 4.31 Å². The maximum atomic E-state index is 13.1. The first-order valence-electron chi connectivity index (χ1n) is 11.0. The lowest BCUT2D eigenvalue weighted by atomic mass is 10.0. The predicted molar refractivity (Wildman–Crippen MR) is 125 cm³/mol. The summed E-state index contributed by atoms with van der Waals surface area (Å²) in [6.07, 6.45) is 0. The molecule has 0 bridgehead atoms. The Morgan fingerprint density at radius 1 is 1.18 bits per heavy atom. The van der Waals surface area contributed by atoms with Gasteiger partial charge in [-0.1, -0.05) is 26.0 Å². The van der Waals surface area contributed by atoms with Crippen molar-refractivity contribution in [3.8, 4) is 0 Å².